The average Bonchev–Trinajstić information content (AvgIpc) is 3.12. The zero-order valence-corrected chi connectivity index (χ0v) is 17.4. The van der Waals surface area contributed by atoms with Crippen LogP contribution in [0.25, 0.3) is 0 Å². The highest BCUT2D eigenvalue weighted by Crippen LogP contribution is 2.51. The second kappa shape index (κ2) is 6.37. The minimum atomic E-state index is -1.36. The number of amides is 3. The first kappa shape index (κ1) is 20.5. The molecule has 0 saturated carbocycles. The lowest BCUT2D eigenvalue weighted by atomic mass is 9.81. The van der Waals surface area contributed by atoms with Crippen molar-refractivity contribution in [1.82, 2.24) is 10.2 Å². The SMILES string of the molecule is CC(C)(C)OC(=O)NCC12COC(N3C(=O)CCC3=O)(CO1)[C@H]1OC(C)(C)O[C@H]12. The fourth-order valence-electron chi connectivity index (χ4n) is 4.37. The second-order valence-electron chi connectivity index (χ2n) is 9.44. The molecule has 0 aliphatic carbocycles. The van der Waals surface area contributed by atoms with Gasteiger partial charge >= 0.3 is 6.09 Å². The molecule has 5 aliphatic heterocycles. The fourth-order valence-corrected chi connectivity index (χ4v) is 4.37. The van der Waals surface area contributed by atoms with Crippen molar-refractivity contribution in [1.29, 1.82) is 0 Å². The number of fused-ring (bicyclic) bond motifs is 2. The monoisotopic (exact) mass is 412 g/mol. The van der Waals surface area contributed by atoms with Gasteiger partial charge in [-0.1, -0.05) is 0 Å². The minimum Gasteiger partial charge on any atom is -0.444 e. The van der Waals surface area contributed by atoms with E-state index >= 15 is 0 Å². The summed E-state index contributed by atoms with van der Waals surface area (Å²) in [6.45, 7) is 8.87. The quantitative estimate of drug-likeness (QED) is 0.674. The van der Waals surface area contributed by atoms with E-state index in [-0.39, 0.29) is 44.4 Å². The molecule has 0 radical (unpaired) electrons. The molecule has 1 N–H and O–H groups in total. The van der Waals surface area contributed by atoms with Crippen LogP contribution in [0.15, 0.2) is 0 Å². The Balaban J connectivity index is 1.59. The number of nitrogens with zero attached hydrogens (tertiary/aromatic N) is 1. The number of hydrogen-bond donors (Lipinski definition) is 1. The third kappa shape index (κ3) is 3.31. The number of nitrogens with one attached hydrogen (secondary N) is 1. The van der Waals surface area contributed by atoms with Crippen molar-refractivity contribution in [3.05, 3.63) is 0 Å². The van der Waals surface area contributed by atoms with Gasteiger partial charge in [-0.05, 0) is 34.6 Å². The molecule has 5 fully saturated rings. The molecule has 10 nitrogen and oxygen atoms in total. The van der Waals surface area contributed by atoms with Crippen LogP contribution in [-0.2, 0) is 33.3 Å². The van der Waals surface area contributed by atoms with Crippen molar-refractivity contribution in [3.8, 4) is 0 Å². The summed E-state index contributed by atoms with van der Waals surface area (Å²) in [4.78, 5) is 38.2. The molecule has 5 aliphatic rings. The summed E-state index contributed by atoms with van der Waals surface area (Å²) in [5.41, 5.74) is -3.03. The lowest BCUT2D eigenvalue weighted by Gasteiger charge is -2.58. The molecule has 0 aromatic carbocycles. The standard InChI is InChI=1S/C19H28N2O8/c1-16(2,3)29-15(24)20-8-18-9-26-19(10-25-18,21-11(22)6-7-12(21)23)14-13(18)27-17(4,5)28-14/h13-14H,6-10H2,1-5H3,(H,20,24)/t13-,14+,18?,19?/m1/s1. The maximum atomic E-state index is 12.4. The third-order valence-corrected chi connectivity index (χ3v) is 5.55. The maximum Gasteiger partial charge on any atom is 0.407 e. The van der Waals surface area contributed by atoms with Gasteiger partial charge in [-0.3, -0.25) is 9.59 Å². The van der Waals surface area contributed by atoms with Crippen LogP contribution in [-0.4, -0.2) is 77.5 Å². The summed E-state index contributed by atoms with van der Waals surface area (Å²) in [5, 5.41) is 2.72. The number of carbonyl (C=O) groups is 3. The Morgan fingerprint density at radius 3 is 2.28 bits per heavy atom. The summed E-state index contributed by atoms with van der Waals surface area (Å²) >= 11 is 0. The number of ether oxygens (including phenoxy) is 5. The summed E-state index contributed by atoms with van der Waals surface area (Å²) in [7, 11) is 0. The van der Waals surface area contributed by atoms with E-state index in [1.165, 1.54) is 0 Å². The molecule has 0 aromatic heterocycles. The molecule has 10 heteroatoms. The molecular weight excluding hydrogens is 384 g/mol. The summed E-state index contributed by atoms with van der Waals surface area (Å²) in [6, 6.07) is 0. The summed E-state index contributed by atoms with van der Waals surface area (Å²) < 4.78 is 29.7. The van der Waals surface area contributed by atoms with Crippen LogP contribution in [0.3, 0.4) is 0 Å². The number of hydrogen-bond acceptors (Lipinski definition) is 8. The number of carbonyl (C=O) groups excluding carboxylic acids is 3. The highest BCUT2D eigenvalue weighted by Gasteiger charge is 2.72. The molecule has 4 atom stereocenters. The van der Waals surface area contributed by atoms with Gasteiger partial charge in [-0.2, -0.15) is 0 Å². The van der Waals surface area contributed by atoms with E-state index in [1.54, 1.807) is 34.6 Å². The van der Waals surface area contributed by atoms with Gasteiger partial charge in [0.25, 0.3) is 0 Å². The van der Waals surface area contributed by atoms with Crippen molar-refractivity contribution < 1.29 is 38.1 Å². The highest BCUT2D eigenvalue weighted by molar-refractivity contribution is 6.02. The molecular formula is C19H28N2O8. The van der Waals surface area contributed by atoms with Crippen molar-refractivity contribution in [2.75, 3.05) is 19.8 Å². The molecule has 2 unspecified atom stereocenters. The Morgan fingerprint density at radius 1 is 1.10 bits per heavy atom. The zero-order chi connectivity index (χ0) is 21.2. The molecule has 0 spiro atoms. The lowest BCUT2D eigenvalue weighted by Crippen LogP contribution is -2.80. The van der Waals surface area contributed by atoms with Crippen LogP contribution >= 0.6 is 0 Å². The number of likely N-dealkylation sites (tertiary alicyclic amines) is 1. The Bertz CT molecular complexity index is 719. The highest BCUT2D eigenvalue weighted by atomic mass is 16.8. The summed E-state index contributed by atoms with van der Waals surface area (Å²) in [6.07, 6.45) is -1.69. The Hall–Kier alpha value is -1.75. The summed E-state index contributed by atoms with van der Waals surface area (Å²) in [5.74, 6) is -1.59. The largest absolute Gasteiger partial charge is 0.444 e. The van der Waals surface area contributed by atoms with E-state index < -0.39 is 41.0 Å². The van der Waals surface area contributed by atoms with Gasteiger partial charge in [-0.15, -0.1) is 0 Å². The molecule has 5 saturated heterocycles. The van der Waals surface area contributed by atoms with E-state index in [0.29, 0.717) is 0 Å². The van der Waals surface area contributed by atoms with Crippen LogP contribution in [0.1, 0.15) is 47.5 Å². The molecule has 2 bridgehead atoms. The van der Waals surface area contributed by atoms with E-state index in [1.807, 2.05) is 0 Å². The lowest BCUT2D eigenvalue weighted by molar-refractivity contribution is -0.357. The van der Waals surface area contributed by atoms with E-state index in [0.717, 1.165) is 4.90 Å². The number of rotatable bonds is 3. The van der Waals surface area contributed by atoms with Crippen molar-refractivity contribution in [2.45, 2.75) is 82.4 Å². The van der Waals surface area contributed by atoms with Gasteiger partial charge in [0.1, 0.15) is 23.4 Å². The number of imide groups is 1. The normalized spacial score (nSPS) is 38.3. The van der Waals surface area contributed by atoms with Crippen LogP contribution in [0.5, 0.6) is 0 Å². The third-order valence-electron chi connectivity index (χ3n) is 5.55. The predicted molar refractivity (Wildman–Crippen MR) is 96.5 cm³/mol. The Kier molecular flexibility index (Phi) is 4.51. The first-order valence-electron chi connectivity index (χ1n) is 9.84. The van der Waals surface area contributed by atoms with Crippen LogP contribution in [0, 0.1) is 0 Å². The van der Waals surface area contributed by atoms with E-state index in [4.69, 9.17) is 23.7 Å². The van der Waals surface area contributed by atoms with Gasteiger partial charge in [0.05, 0.1) is 19.8 Å². The average molecular weight is 412 g/mol. The zero-order valence-electron chi connectivity index (χ0n) is 17.4. The molecule has 0 aromatic rings. The van der Waals surface area contributed by atoms with Gasteiger partial charge in [-0.25, -0.2) is 9.69 Å². The predicted octanol–water partition coefficient (Wildman–Crippen LogP) is 0.676. The van der Waals surface area contributed by atoms with Crippen LogP contribution in [0.2, 0.25) is 0 Å². The Labute approximate surface area is 169 Å². The molecule has 162 valence electrons. The first-order valence-corrected chi connectivity index (χ1v) is 9.84. The second-order valence-corrected chi connectivity index (χ2v) is 9.44. The molecule has 5 heterocycles. The maximum absolute atomic E-state index is 12.4. The van der Waals surface area contributed by atoms with Gasteiger partial charge < -0.3 is 29.0 Å². The van der Waals surface area contributed by atoms with Crippen molar-refractivity contribution in [2.24, 2.45) is 0 Å². The molecule has 3 amide bonds. The first-order chi connectivity index (χ1) is 13.4. The van der Waals surface area contributed by atoms with Crippen molar-refractivity contribution in [3.63, 3.8) is 0 Å². The minimum absolute atomic E-state index is 0.0282. The van der Waals surface area contributed by atoms with Crippen molar-refractivity contribution >= 4 is 17.9 Å². The Morgan fingerprint density at radius 2 is 1.72 bits per heavy atom. The van der Waals surface area contributed by atoms with Gasteiger partial charge in [0, 0.05) is 12.8 Å². The van der Waals surface area contributed by atoms with Crippen LogP contribution in [0.4, 0.5) is 4.79 Å². The number of alkyl carbamates (subject to hydrolysis) is 1. The van der Waals surface area contributed by atoms with Gasteiger partial charge in [0.2, 0.25) is 17.5 Å². The fraction of sp³-hybridized carbons (Fsp3) is 0.842. The topological polar surface area (TPSA) is 113 Å². The molecule has 5 rings (SSSR count). The molecule has 29 heavy (non-hydrogen) atoms. The smallest absolute Gasteiger partial charge is 0.407 e. The van der Waals surface area contributed by atoms with Crippen LogP contribution < -0.4 is 5.32 Å². The van der Waals surface area contributed by atoms with E-state index in [9.17, 15) is 14.4 Å². The van der Waals surface area contributed by atoms with E-state index in [2.05, 4.69) is 5.32 Å². The van der Waals surface area contributed by atoms with Gasteiger partial charge in [0.15, 0.2) is 5.79 Å².